The lowest BCUT2D eigenvalue weighted by Gasteiger charge is -2.32. The van der Waals surface area contributed by atoms with Gasteiger partial charge < -0.3 is 10.5 Å². The number of nitrogens with zero attached hydrogens (tertiary/aromatic N) is 1. The van der Waals surface area contributed by atoms with Crippen LogP contribution < -0.4 is 5.73 Å². The molecule has 0 radical (unpaired) electrons. The van der Waals surface area contributed by atoms with Gasteiger partial charge in [0.15, 0.2) is 0 Å². The first-order valence-electron chi connectivity index (χ1n) is 7.38. The van der Waals surface area contributed by atoms with E-state index in [-0.39, 0.29) is 0 Å². The topological polar surface area (TPSA) is 38.5 Å². The number of nitrogen functional groups attached to an aromatic ring is 1. The third-order valence-corrected chi connectivity index (χ3v) is 3.77. The number of hydrogen-bond acceptors (Lipinski definition) is 3. The van der Waals surface area contributed by atoms with Crippen molar-refractivity contribution in [3.8, 4) is 0 Å². The van der Waals surface area contributed by atoms with Crippen LogP contribution in [0.3, 0.4) is 0 Å². The number of hydrogen-bond donors (Lipinski definition) is 1. The van der Waals surface area contributed by atoms with Gasteiger partial charge in [0, 0.05) is 25.4 Å². The lowest BCUT2D eigenvalue weighted by molar-refractivity contribution is -0.00222. The van der Waals surface area contributed by atoms with E-state index in [0.29, 0.717) is 6.10 Å². The van der Waals surface area contributed by atoms with Crippen LogP contribution >= 0.6 is 0 Å². The largest absolute Gasteiger partial charge is 0.399 e. The molecule has 1 unspecified atom stereocenters. The Bertz CT molecular complexity index is 406. The van der Waals surface area contributed by atoms with Gasteiger partial charge >= 0.3 is 0 Å². The van der Waals surface area contributed by atoms with E-state index in [1.807, 2.05) is 0 Å². The summed E-state index contributed by atoms with van der Waals surface area (Å²) in [6.45, 7) is 8.30. The van der Waals surface area contributed by atoms with Crippen molar-refractivity contribution in [2.24, 2.45) is 0 Å². The van der Waals surface area contributed by atoms with Crippen LogP contribution in [-0.2, 0) is 11.3 Å². The number of likely N-dealkylation sites (tertiary alicyclic amines) is 1. The van der Waals surface area contributed by atoms with Gasteiger partial charge in [-0.15, -0.1) is 0 Å². The second kappa shape index (κ2) is 6.92. The maximum Gasteiger partial charge on any atom is 0.0702 e. The van der Waals surface area contributed by atoms with Crippen LogP contribution in [0.4, 0.5) is 5.69 Å². The average molecular weight is 262 g/mol. The molecule has 0 aliphatic carbocycles. The van der Waals surface area contributed by atoms with Gasteiger partial charge in [-0.05, 0) is 49.9 Å². The minimum Gasteiger partial charge on any atom is -0.399 e. The summed E-state index contributed by atoms with van der Waals surface area (Å²) < 4.78 is 5.88. The molecule has 0 amide bonds. The van der Waals surface area contributed by atoms with Gasteiger partial charge in [-0.3, -0.25) is 4.90 Å². The minimum absolute atomic E-state index is 0.413. The number of rotatable bonds is 5. The van der Waals surface area contributed by atoms with E-state index in [1.165, 1.54) is 24.9 Å². The fourth-order valence-electron chi connectivity index (χ4n) is 2.62. The highest BCUT2D eigenvalue weighted by Crippen LogP contribution is 2.18. The fourth-order valence-corrected chi connectivity index (χ4v) is 2.62. The van der Waals surface area contributed by atoms with Crippen LogP contribution in [-0.4, -0.2) is 30.7 Å². The van der Waals surface area contributed by atoms with Crippen molar-refractivity contribution in [1.82, 2.24) is 4.90 Å². The Morgan fingerprint density at radius 2 is 2.26 bits per heavy atom. The van der Waals surface area contributed by atoms with Gasteiger partial charge in [0.2, 0.25) is 0 Å². The molecule has 1 fully saturated rings. The summed E-state index contributed by atoms with van der Waals surface area (Å²) in [5, 5.41) is 0. The van der Waals surface area contributed by atoms with Crippen LogP contribution in [0.1, 0.15) is 37.3 Å². The molecule has 2 rings (SSSR count). The molecule has 1 aromatic carbocycles. The number of nitrogens with two attached hydrogens (primary N) is 1. The number of piperidine rings is 1. The van der Waals surface area contributed by atoms with E-state index in [1.54, 1.807) is 0 Å². The predicted octanol–water partition coefficient (Wildman–Crippen LogP) is 2.97. The minimum atomic E-state index is 0.413. The number of anilines is 1. The van der Waals surface area contributed by atoms with Crippen molar-refractivity contribution < 1.29 is 4.74 Å². The highest BCUT2D eigenvalue weighted by atomic mass is 16.5. The molecule has 2 N–H and O–H groups in total. The van der Waals surface area contributed by atoms with Crippen molar-refractivity contribution in [3.05, 3.63) is 29.3 Å². The maximum atomic E-state index is 5.98. The van der Waals surface area contributed by atoms with Crippen LogP contribution in [0.25, 0.3) is 0 Å². The van der Waals surface area contributed by atoms with Crippen molar-refractivity contribution in [2.75, 3.05) is 25.4 Å². The van der Waals surface area contributed by atoms with E-state index in [2.05, 4.69) is 36.9 Å². The number of aryl methyl sites for hydroxylation is 1. The van der Waals surface area contributed by atoms with Crippen molar-refractivity contribution in [1.29, 1.82) is 0 Å². The van der Waals surface area contributed by atoms with E-state index in [9.17, 15) is 0 Å². The molecule has 19 heavy (non-hydrogen) atoms. The lowest BCUT2D eigenvalue weighted by atomic mass is 10.1. The van der Waals surface area contributed by atoms with Gasteiger partial charge in [0.25, 0.3) is 0 Å². The molecule has 1 aliphatic heterocycles. The predicted molar refractivity (Wildman–Crippen MR) is 80.1 cm³/mol. The molecule has 0 spiro atoms. The zero-order chi connectivity index (χ0) is 13.7. The molecule has 1 aromatic rings. The second-order valence-corrected chi connectivity index (χ2v) is 5.56. The Morgan fingerprint density at radius 1 is 1.42 bits per heavy atom. The molecule has 106 valence electrons. The van der Waals surface area contributed by atoms with Crippen molar-refractivity contribution in [2.45, 2.75) is 45.8 Å². The van der Waals surface area contributed by atoms with E-state index in [4.69, 9.17) is 10.5 Å². The fraction of sp³-hybridized carbons (Fsp3) is 0.625. The summed E-state index contributed by atoms with van der Waals surface area (Å²) in [6.07, 6.45) is 3.95. The zero-order valence-electron chi connectivity index (χ0n) is 12.2. The Balaban J connectivity index is 1.89. The first kappa shape index (κ1) is 14.4. The molecule has 0 aromatic heterocycles. The number of benzene rings is 1. The van der Waals surface area contributed by atoms with Crippen LogP contribution in [0.2, 0.25) is 0 Å². The van der Waals surface area contributed by atoms with Gasteiger partial charge in [-0.25, -0.2) is 0 Å². The Kier molecular flexibility index (Phi) is 5.23. The van der Waals surface area contributed by atoms with Crippen molar-refractivity contribution in [3.63, 3.8) is 0 Å². The van der Waals surface area contributed by atoms with Crippen LogP contribution in [0.5, 0.6) is 0 Å². The average Bonchev–Trinajstić information content (AvgIpc) is 2.41. The summed E-state index contributed by atoms with van der Waals surface area (Å²) >= 11 is 0. The lowest BCUT2D eigenvalue weighted by Crippen LogP contribution is -2.39. The van der Waals surface area contributed by atoms with Crippen LogP contribution in [0.15, 0.2) is 18.2 Å². The Labute approximate surface area is 116 Å². The van der Waals surface area contributed by atoms with Crippen molar-refractivity contribution >= 4 is 5.69 Å². The Hall–Kier alpha value is -1.06. The normalized spacial score (nSPS) is 20.6. The zero-order valence-corrected chi connectivity index (χ0v) is 12.2. The summed E-state index contributed by atoms with van der Waals surface area (Å²) in [6, 6.07) is 6.40. The van der Waals surface area contributed by atoms with Gasteiger partial charge in [0.05, 0.1) is 6.10 Å². The third kappa shape index (κ3) is 4.22. The molecule has 0 bridgehead atoms. The third-order valence-electron chi connectivity index (χ3n) is 3.77. The highest BCUT2D eigenvalue weighted by Gasteiger charge is 2.20. The summed E-state index contributed by atoms with van der Waals surface area (Å²) in [4.78, 5) is 2.48. The van der Waals surface area contributed by atoms with E-state index < -0.39 is 0 Å². The van der Waals surface area contributed by atoms with Gasteiger partial charge in [0.1, 0.15) is 0 Å². The Morgan fingerprint density at radius 3 is 3.00 bits per heavy atom. The van der Waals surface area contributed by atoms with E-state index >= 15 is 0 Å². The summed E-state index contributed by atoms with van der Waals surface area (Å²) in [5.74, 6) is 0. The summed E-state index contributed by atoms with van der Waals surface area (Å²) in [5.41, 5.74) is 9.34. The molecule has 0 saturated carbocycles. The van der Waals surface area contributed by atoms with E-state index in [0.717, 1.165) is 37.4 Å². The first-order chi connectivity index (χ1) is 9.19. The molecule has 1 atom stereocenters. The molecule has 3 heteroatoms. The quantitative estimate of drug-likeness (QED) is 0.829. The maximum absolute atomic E-state index is 5.98. The van der Waals surface area contributed by atoms with Gasteiger partial charge in [-0.1, -0.05) is 19.1 Å². The molecular formula is C16H26N2O. The SMILES string of the molecule is CCCOC1CCCN(Cc2ccc(C)c(N)c2)C1. The highest BCUT2D eigenvalue weighted by molar-refractivity contribution is 5.48. The molecule has 1 heterocycles. The number of ether oxygens (including phenoxy) is 1. The molecule has 3 nitrogen and oxygen atoms in total. The molecule has 1 saturated heterocycles. The van der Waals surface area contributed by atoms with Gasteiger partial charge in [-0.2, -0.15) is 0 Å². The molecule has 1 aliphatic rings. The first-order valence-corrected chi connectivity index (χ1v) is 7.38. The standard InChI is InChI=1S/C16H26N2O/c1-3-9-19-15-5-4-8-18(12-15)11-14-7-6-13(2)16(17)10-14/h6-7,10,15H,3-5,8-9,11-12,17H2,1-2H3. The second-order valence-electron chi connectivity index (χ2n) is 5.56. The van der Waals surface area contributed by atoms with Crippen LogP contribution in [0, 0.1) is 6.92 Å². The molecular weight excluding hydrogens is 236 g/mol. The monoisotopic (exact) mass is 262 g/mol. The smallest absolute Gasteiger partial charge is 0.0702 e. The summed E-state index contributed by atoms with van der Waals surface area (Å²) in [7, 11) is 0.